The van der Waals surface area contributed by atoms with E-state index in [0.29, 0.717) is 22.0 Å². The zero-order valence-electron chi connectivity index (χ0n) is 9.43. The Hall–Kier alpha value is -0.738. The number of nitrogens with two attached hydrogens (primary N) is 1. The molecule has 0 saturated carbocycles. The Kier molecular flexibility index (Phi) is 4.34. The minimum Gasteiger partial charge on any atom is -0.517 e. The van der Waals surface area contributed by atoms with Crippen LogP contribution in [0.25, 0.3) is 10.8 Å². The molecule has 2 aromatic rings. The number of hydrogen-bond donors (Lipinski definition) is 3. The summed E-state index contributed by atoms with van der Waals surface area (Å²) in [6.45, 7) is 1.74. The summed E-state index contributed by atoms with van der Waals surface area (Å²) in [6, 6.07) is 6.66. The van der Waals surface area contributed by atoms with Gasteiger partial charge < -0.3 is 10.8 Å². The van der Waals surface area contributed by atoms with Gasteiger partial charge in [0.05, 0.1) is 10.6 Å². The molecule has 0 spiro atoms. The number of anilines is 1. The number of rotatable bonds is 1. The van der Waals surface area contributed by atoms with Crippen LogP contribution in [0.3, 0.4) is 0 Å². The first-order valence-corrected chi connectivity index (χ1v) is 6.15. The van der Waals surface area contributed by atoms with Crippen LogP contribution in [0.15, 0.2) is 23.1 Å². The molecule has 0 bridgehead atoms. The molecule has 0 atom stereocenters. The van der Waals surface area contributed by atoms with Gasteiger partial charge in [0.1, 0.15) is 0 Å². The van der Waals surface area contributed by atoms with Gasteiger partial charge in [-0.2, -0.15) is 8.42 Å². The second-order valence-corrected chi connectivity index (χ2v) is 5.17. The van der Waals surface area contributed by atoms with Gasteiger partial charge in [0.2, 0.25) is 0 Å². The molecule has 94 valence electrons. The Balaban J connectivity index is 0.00000162. The van der Waals surface area contributed by atoms with Gasteiger partial charge in [-0.3, -0.25) is 4.55 Å². The predicted molar refractivity (Wildman–Crippen MR) is 63.4 cm³/mol. The monoisotopic (exact) mass is 490 g/mol. The van der Waals surface area contributed by atoms with Crippen LogP contribution in [0.1, 0.15) is 5.56 Å². The van der Waals surface area contributed by atoms with Gasteiger partial charge in [0.25, 0.3) is 10.1 Å². The molecule has 0 saturated heterocycles. The number of aromatic hydroxyl groups is 1. The first-order valence-electron chi connectivity index (χ1n) is 4.71. The Labute approximate surface area is 128 Å². The molecule has 18 heavy (non-hydrogen) atoms. The normalized spacial score (nSPS) is 11.2. The van der Waals surface area contributed by atoms with Gasteiger partial charge in [-0.1, -0.05) is 6.92 Å². The summed E-state index contributed by atoms with van der Waals surface area (Å²) in [5.41, 5.74) is 6.76. The summed E-state index contributed by atoms with van der Waals surface area (Å²) in [4.78, 5) is -0.385. The Morgan fingerprint density at radius 3 is 2.44 bits per heavy atom. The molecular weight excluding hydrogens is 480 g/mol. The maximum atomic E-state index is 11.0. The zero-order valence-corrected chi connectivity index (χ0v) is 14.4. The summed E-state index contributed by atoms with van der Waals surface area (Å²) in [5.74, 6) is -0.302. The number of aryl methyl sites for hydroxylation is 1. The van der Waals surface area contributed by atoms with E-state index in [0.717, 1.165) is 6.07 Å². The van der Waals surface area contributed by atoms with Crippen molar-refractivity contribution in [1.82, 2.24) is 0 Å². The summed E-state index contributed by atoms with van der Waals surface area (Å²) in [6.07, 6.45) is 0. The molecule has 0 aliphatic rings. The Morgan fingerprint density at radius 2 is 1.89 bits per heavy atom. The fourth-order valence-electron chi connectivity index (χ4n) is 1.71. The number of fused-ring (bicyclic) bond motifs is 1. The first-order chi connectivity index (χ1) is 7.79. The van der Waals surface area contributed by atoms with E-state index in [4.69, 9.17) is 10.3 Å². The van der Waals surface area contributed by atoms with E-state index in [-0.39, 0.29) is 41.8 Å². The van der Waals surface area contributed by atoms with Gasteiger partial charge in [0.15, 0.2) is 0 Å². The molecule has 2 rings (SSSR count). The van der Waals surface area contributed by atoms with Crippen molar-refractivity contribution in [3.05, 3.63) is 29.8 Å². The minimum atomic E-state index is -4.36. The van der Waals surface area contributed by atoms with Crippen LogP contribution in [0.5, 0.6) is 5.75 Å². The maximum Gasteiger partial charge on any atom is 0.285 e. The third kappa shape index (κ3) is 2.81. The predicted octanol–water partition coefficient (Wildman–Crippen LogP) is 1.48. The second kappa shape index (κ2) is 5.10. The van der Waals surface area contributed by atoms with Gasteiger partial charge in [-0.05, 0) is 17.1 Å². The Morgan fingerprint density at radius 1 is 1.28 bits per heavy atom. The standard InChI is InChI=1S/C11H10NO4S.U/c1-6-2-7-4-8(17(14,15)16)5-10(13)11(7)9(12)3-6;/h3-5,13H,12H2,1H3,(H,14,15,16);/q-1;. The van der Waals surface area contributed by atoms with Crippen LogP contribution in [0, 0.1) is 44.1 Å². The van der Waals surface area contributed by atoms with Crippen molar-refractivity contribution in [2.45, 2.75) is 11.8 Å². The van der Waals surface area contributed by atoms with Crippen molar-refractivity contribution in [3.8, 4) is 5.75 Å². The van der Waals surface area contributed by atoms with Crippen LogP contribution in [-0.2, 0) is 10.1 Å². The summed E-state index contributed by atoms with van der Waals surface area (Å²) in [5, 5.41) is 10.4. The van der Waals surface area contributed by atoms with E-state index < -0.39 is 10.1 Å². The zero-order chi connectivity index (χ0) is 12.8. The molecule has 0 radical (unpaired) electrons. The fraction of sp³-hybridized carbons (Fsp3) is 0.0909. The van der Waals surface area contributed by atoms with Gasteiger partial charge in [-0.15, -0.1) is 29.1 Å². The average molecular weight is 490 g/mol. The molecule has 0 heterocycles. The Bertz CT molecular complexity index is 713. The van der Waals surface area contributed by atoms with E-state index in [9.17, 15) is 13.5 Å². The molecule has 7 heteroatoms. The number of benzene rings is 2. The van der Waals surface area contributed by atoms with Gasteiger partial charge in [-0.25, -0.2) is 0 Å². The van der Waals surface area contributed by atoms with Gasteiger partial charge >= 0.3 is 0 Å². The van der Waals surface area contributed by atoms with Crippen molar-refractivity contribution in [2.75, 3.05) is 5.73 Å². The summed E-state index contributed by atoms with van der Waals surface area (Å²) < 4.78 is 30.9. The SMILES string of the molecule is Cc1[c-]c2cc(S(=O)(=O)O)cc(O)c2c(N)c1.[U]. The quantitative estimate of drug-likeness (QED) is 0.320. The molecule has 0 aliphatic heterocycles. The largest absolute Gasteiger partial charge is 0.517 e. The van der Waals surface area contributed by atoms with Crippen molar-refractivity contribution < 1.29 is 49.2 Å². The van der Waals surface area contributed by atoms with Crippen LogP contribution < -0.4 is 5.73 Å². The van der Waals surface area contributed by atoms with E-state index in [1.54, 1.807) is 13.0 Å². The van der Waals surface area contributed by atoms with Crippen molar-refractivity contribution in [1.29, 1.82) is 0 Å². The number of nitrogen functional groups attached to an aromatic ring is 1. The topological polar surface area (TPSA) is 101 Å². The van der Waals surface area contributed by atoms with Gasteiger partial charge in [0, 0.05) is 31.1 Å². The molecule has 2 aromatic carbocycles. The van der Waals surface area contributed by atoms with E-state index in [1.165, 1.54) is 6.07 Å². The van der Waals surface area contributed by atoms with E-state index >= 15 is 0 Å². The molecule has 0 aromatic heterocycles. The van der Waals surface area contributed by atoms with E-state index in [1.807, 2.05) is 0 Å². The molecule has 0 fully saturated rings. The van der Waals surface area contributed by atoms with Crippen LogP contribution in [0.4, 0.5) is 5.69 Å². The smallest absolute Gasteiger partial charge is 0.285 e. The molecule has 4 N–H and O–H groups in total. The minimum absolute atomic E-state index is 0. The number of phenols is 1. The molecule has 0 unspecified atom stereocenters. The van der Waals surface area contributed by atoms with Crippen molar-refractivity contribution in [2.24, 2.45) is 0 Å². The summed E-state index contributed by atoms with van der Waals surface area (Å²) >= 11 is 0. The second-order valence-electron chi connectivity index (χ2n) is 3.75. The van der Waals surface area contributed by atoms with E-state index in [2.05, 4.69) is 6.07 Å². The third-order valence-electron chi connectivity index (χ3n) is 2.38. The third-order valence-corrected chi connectivity index (χ3v) is 3.21. The fourth-order valence-corrected chi connectivity index (χ4v) is 2.23. The molecule has 0 amide bonds. The average Bonchev–Trinajstić information content (AvgIpc) is 2.13. The van der Waals surface area contributed by atoms with Crippen LogP contribution in [-0.4, -0.2) is 18.1 Å². The van der Waals surface area contributed by atoms with Crippen LogP contribution in [0.2, 0.25) is 0 Å². The van der Waals surface area contributed by atoms with Crippen molar-refractivity contribution >= 4 is 26.6 Å². The maximum absolute atomic E-state index is 11.0. The van der Waals surface area contributed by atoms with Crippen LogP contribution >= 0.6 is 0 Å². The number of phenolic OH excluding ortho intramolecular Hbond substituents is 1. The molecule has 0 aliphatic carbocycles. The first kappa shape index (κ1) is 15.3. The molecule has 5 nitrogen and oxygen atoms in total. The summed E-state index contributed by atoms with van der Waals surface area (Å²) in [7, 11) is -4.36. The van der Waals surface area contributed by atoms with Crippen molar-refractivity contribution in [3.63, 3.8) is 0 Å². The number of hydrogen-bond acceptors (Lipinski definition) is 4. The molecular formula is C11H10NO4SU-.